The van der Waals surface area contributed by atoms with E-state index in [-0.39, 0.29) is 11.9 Å². The summed E-state index contributed by atoms with van der Waals surface area (Å²) < 4.78 is 5.70. The Hall–Kier alpha value is -1.55. The Bertz CT molecular complexity index is 433. The highest BCUT2D eigenvalue weighted by molar-refractivity contribution is 5.80. The van der Waals surface area contributed by atoms with Crippen LogP contribution in [0.3, 0.4) is 0 Å². The van der Waals surface area contributed by atoms with Crippen molar-refractivity contribution in [1.82, 2.24) is 5.32 Å². The molecule has 0 radical (unpaired) electrons. The first kappa shape index (κ1) is 17.5. The van der Waals surface area contributed by atoms with Crippen LogP contribution in [0.4, 0.5) is 0 Å². The Morgan fingerprint density at radius 1 is 1.33 bits per heavy atom. The second-order valence-electron chi connectivity index (χ2n) is 5.59. The zero-order valence-electron chi connectivity index (χ0n) is 13.4. The van der Waals surface area contributed by atoms with Gasteiger partial charge in [-0.05, 0) is 44.4 Å². The molecule has 0 heterocycles. The van der Waals surface area contributed by atoms with Crippen molar-refractivity contribution in [2.24, 2.45) is 5.73 Å². The summed E-state index contributed by atoms with van der Waals surface area (Å²) >= 11 is 0. The van der Waals surface area contributed by atoms with Crippen LogP contribution < -0.4 is 15.8 Å². The Morgan fingerprint density at radius 2 is 2.10 bits per heavy atom. The molecule has 0 aliphatic carbocycles. The number of rotatable bonds is 9. The number of nitrogens with two attached hydrogens (primary N) is 1. The summed E-state index contributed by atoms with van der Waals surface area (Å²) in [5, 5.41) is 2.90. The van der Waals surface area contributed by atoms with Crippen LogP contribution in [0, 0.1) is 0 Å². The maximum atomic E-state index is 11.9. The zero-order valence-corrected chi connectivity index (χ0v) is 13.4. The summed E-state index contributed by atoms with van der Waals surface area (Å²) in [4.78, 5) is 11.9. The van der Waals surface area contributed by atoms with Crippen molar-refractivity contribution in [3.63, 3.8) is 0 Å². The number of hydrogen-bond donors (Lipinski definition) is 2. The molecule has 1 rings (SSSR count). The Morgan fingerprint density at radius 3 is 2.76 bits per heavy atom. The summed E-state index contributed by atoms with van der Waals surface area (Å²) in [6, 6.07) is 7.87. The first-order valence-electron chi connectivity index (χ1n) is 7.81. The minimum absolute atomic E-state index is 0.0660. The fourth-order valence-electron chi connectivity index (χ4n) is 2.11. The van der Waals surface area contributed by atoms with Crippen LogP contribution in [0.1, 0.15) is 45.6 Å². The van der Waals surface area contributed by atoms with Crippen LogP contribution in [0.5, 0.6) is 5.75 Å². The van der Waals surface area contributed by atoms with E-state index >= 15 is 0 Å². The lowest BCUT2D eigenvalue weighted by atomic mass is 10.1. The maximum Gasteiger partial charge on any atom is 0.260 e. The molecule has 4 heteroatoms. The molecule has 3 N–H and O–H groups in total. The molecule has 0 saturated carbocycles. The lowest BCUT2D eigenvalue weighted by Crippen LogP contribution is -2.36. The van der Waals surface area contributed by atoms with E-state index < -0.39 is 6.10 Å². The molecule has 4 nitrogen and oxygen atoms in total. The minimum Gasteiger partial charge on any atom is -0.481 e. The molecular formula is C17H28N2O2. The van der Waals surface area contributed by atoms with E-state index in [2.05, 4.69) is 12.2 Å². The molecule has 0 aromatic heterocycles. The lowest BCUT2D eigenvalue weighted by Gasteiger charge is -2.15. The second-order valence-corrected chi connectivity index (χ2v) is 5.59. The number of benzene rings is 1. The van der Waals surface area contributed by atoms with Gasteiger partial charge >= 0.3 is 0 Å². The van der Waals surface area contributed by atoms with Crippen LogP contribution in [0.15, 0.2) is 24.3 Å². The van der Waals surface area contributed by atoms with E-state index in [1.165, 1.54) is 0 Å². The standard InChI is InChI=1S/C17H28N2O2/c1-4-5-6-10-19-17(20)14(3)21-16-9-7-8-15(12-16)11-13(2)18/h7-9,12-14H,4-6,10-11,18H2,1-3H3,(H,19,20). The van der Waals surface area contributed by atoms with Crippen molar-refractivity contribution in [2.45, 2.75) is 58.6 Å². The molecule has 0 aliphatic heterocycles. The largest absolute Gasteiger partial charge is 0.481 e. The van der Waals surface area contributed by atoms with Gasteiger partial charge in [-0.2, -0.15) is 0 Å². The highest BCUT2D eigenvalue weighted by Crippen LogP contribution is 2.16. The summed E-state index contributed by atoms with van der Waals surface area (Å²) in [5.74, 6) is 0.646. The maximum absolute atomic E-state index is 11.9. The highest BCUT2D eigenvalue weighted by Gasteiger charge is 2.14. The topological polar surface area (TPSA) is 64.3 Å². The summed E-state index contributed by atoms with van der Waals surface area (Å²) in [6.45, 7) is 6.60. The third-order valence-electron chi connectivity index (χ3n) is 3.22. The fourth-order valence-corrected chi connectivity index (χ4v) is 2.11. The van der Waals surface area contributed by atoms with Crippen LogP contribution in [-0.4, -0.2) is 24.6 Å². The van der Waals surface area contributed by atoms with Gasteiger partial charge in [-0.15, -0.1) is 0 Å². The van der Waals surface area contributed by atoms with E-state index in [1.807, 2.05) is 31.2 Å². The minimum atomic E-state index is -0.489. The molecule has 0 spiro atoms. The molecule has 0 bridgehead atoms. The average Bonchev–Trinajstić information content (AvgIpc) is 2.43. The molecule has 0 saturated heterocycles. The summed E-state index contributed by atoms with van der Waals surface area (Å²) in [6.07, 6.45) is 3.61. The number of carbonyl (C=O) groups excluding carboxylic acids is 1. The van der Waals surface area contributed by atoms with Crippen molar-refractivity contribution in [3.8, 4) is 5.75 Å². The van der Waals surface area contributed by atoms with E-state index in [0.717, 1.165) is 31.2 Å². The SMILES string of the molecule is CCCCCNC(=O)C(C)Oc1cccc(CC(C)N)c1. The van der Waals surface area contributed by atoms with Gasteiger partial charge < -0.3 is 15.8 Å². The first-order valence-corrected chi connectivity index (χ1v) is 7.81. The predicted molar refractivity (Wildman–Crippen MR) is 86.4 cm³/mol. The molecule has 0 aliphatic rings. The van der Waals surface area contributed by atoms with Gasteiger partial charge in [0, 0.05) is 12.6 Å². The number of unbranched alkanes of at least 4 members (excludes halogenated alkanes) is 2. The number of ether oxygens (including phenoxy) is 1. The van der Waals surface area contributed by atoms with E-state index in [4.69, 9.17) is 10.5 Å². The number of nitrogens with one attached hydrogen (secondary N) is 1. The summed E-state index contributed by atoms with van der Waals surface area (Å²) in [5.41, 5.74) is 6.92. The van der Waals surface area contributed by atoms with Crippen molar-refractivity contribution >= 4 is 5.91 Å². The number of amides is 1. The monoisotopic (exact) mass is 292 g/mol. The van der Waals surface area contributed by atoms with Gasteiger partial charge in [0.05, 0.1) is 0 Å². The van der Waals surface area contributed by atoms with Crippen LogP contribution >= 0.6 is 0 Å². The van der Waals surface area contributed by atoms with Crippen molar-refractivity contribution in [2.75, 3.05) is 6.54 Å². The fraction of sp³-hybridized carbons (Fsp3) is 0.588. The normalized spacial score (nSPS) is 13.5. The molecule has 2 atom stereocenters. The van der Waals surface area contributed by atoms with Crippen molar-refractivity contribution in [3.05, 3.63) is 29.8 Å². The summed E-state index contributed by atoms with van der Waals surface area (Å²) in [7, 11) is 0. The van der Waals surface area contributed by atoms with Crippen molar-refractivity contribution in [1.29, 1.82) is 0 Å². The van der Waals surface area contributed by atoms with Crippen molar-refractivity contribution < 1.29 is 9.53 Å². The first-order chi connectivity index (χ1) is 10.0. The van der Waals surface area contributed by atoms with Gasteiger partial charge in [0.2, 0.25) is 0 Å². The second kappa shape index (κ2) is 9.40. The Balaban J connectivity index is 2.46. The molecule has 0 fully saturated rings. The quantitative estimate of drug-likeness (QED) is 0.688. The van der Waals surface area contributed by atoms with Crippen LogP contribution in [-0.2, 0) is 11.2 Å². The van der Waals surface area contributed by atoms with Gasteiger partial charge in [-0.25, -0.2) is 0 Å². The average molecular weight is 292 g/mol. The van der Waals surface area contributed by atoms with Gasteiger partial charge in [0.25, 0.3) is 5.91 Å². The lowest BCUT2D eigenvalue weighted by molar-refractivity contribution is -0.127. The van der Waals surface area contributed by atoms with Gasteiger partial charge in [0.15, 0.2) is 6.10 Å². The smallest absolute Gasteiger partial charge is 0.260 e. The zero-order chi connectivity index (χ0) is 15.7. The molecule has 118 valence electrons. The molecule has 21 heavy (non-hydrogen) atoms. The molecule has 1 aromatic rings. The molecule has 1 amide bonds. The van der Waals surface area contributed by atoms with Gasteiger partial charge in [-0.1, -0.05) is 31.9 Å². The molecular weight excluding hydrogens is 264 g/mol. The van der Waals surface area contributed by atoms with Gasteiger partial charge in [0.1, 0.15) is 5.75 Å². The van der Waals surface area contributed by atoms with Crippen LogP contribution in [0.25, 0.3) is 0 Å². The van der Waals surface area contributed by atoms with E-state index in [9.17, 15) is 4.79 Å². The Labute approximate surface area is 128 Å². The van der Waals surface area contributed by atoms with Gasteiger partial charge in [-0.3, -0.25) is 4.79 Å². The van der Waals surface area contributed by atoms with Crippen LogP contribution in [0.2, 0.25) is 0 Å². The van der Waals surface area contributed by atoms with E-state index in [0.29, 0.717) is 12.3 Å². The molecule has 1 aromatic carbocycles. The number of hydrogen-bond acceptors (Lipinski definition) is 3. The molecule has 2 unspecified atom stereocenters. The third-order valence-corrected chi connectivity index (χ3v) is 3.22. The number of carbonyl (C=O) groups is 1. The highest BCUT2D eigenvalue weighted by atomic mass is 16.5. The predicted octanol–water partition coefficient (Wildman–Crippen LogP) is 2.65. The Kier molecular flexibility index (Phi) is 7.83. The van der Waals surface area contributed by atoms with E-state index in [1.54, 1.807) is 6.92 Å². The third kappa shape index (κ3) is 7.14.